The van der Waals surface area contributed by atoms with E-state index in [0.717, 1.165) is 20.5 Å². The average molecular weight is 439 g/mol. The van der Waals surface area contributed by atoms with Crippen LogP contribution in [0, 0.1) is 10.5 Å². The summed E-state index contributed by atoms with van der Waals surface area (Å²) in [6, 6.07) is 25.5. The largest absolute Gasteiger partial charge is 0.354 e. The zero-order valence-electron chi connectivity index (χ0n) is 13.9. The summed E-state index contributed by atoms with van der Waals surface area (Å²) in [5, 5.41) is 3.42. The van der Waals surface area contributed by atoms with Crippen molar-refractivity contribution >= 4 is 39.8 Å². The Bertz CT molecular complexity index is 899. The second-order valence-electron chi connectivity index (χ2n) is 5.76. The number of halogens is 1. The lowest BCUT2D eigenvalue weighted by Gasteiger charge is -2.13. The molecule has 0 aliphatic carbocycles. The maximum atomic E-state index is 12.7. The standard InChI is InChI=1S/C22H18INO/c1-16-11-13-17(14-12-16)21(24-20-10-6-5-9-19(20)23)15-22(25)18-7-3-2-4-8-18/h2-15,24H,1H3/b21-15+. The topological polar surface area (TPSA) is 29.1 Å². The average Bonchev–Trinajstić information content (AvgIpc) is 2.64. The van der Waals surface area contributed by atoms with Crippen LogP contribution in [-0.4, -0.2) is 5.78 Å². The molecule has 0 amide bonds. The number of hydrogen-bond acceptors (Lipinski definition) is 2. The summed E-state index contributed by atoms with van der Waals surface area (Å²) in [4.78, 5) is 12.7. The van der Waals surface area contributed by atoms with Gasteiger partial charge in [-0.25, -0.2) is 0 Å². The van der Waals surface area contributed by atoms with Crippen molar-refractivity contribution in [3.05, 3.63) is 105 Å². The van der Waals surface area contributed by atoms with E-state index in [1.807, 2.05) is 78.9 Å². The van der Waals surface area contributed by atoms with Gasteiger partial charge in [-0.05, 0) is 47.2 Å². The molecule has 0 unspecified atom stereocenters. The minimum absolute atomic E-state index is 0.0189. The van der Waals surface area contributed by atoms with E-state index in [-0.39, 0.29) is 5.78 Å². The molecule has 2 nitrogen and oxygen atoms in total. The first-order valence-electron chi connectivity index (χ1n) is 8.03. The van der Waals surface area contributed by atoms with Gasteiger partial charge in [0.15, 0.2) is 5.78 Å². The molecule has 0 heterocycles. The first-order valence-corrected chi connectivity index (χ1v) is 9.11. The van der Waals surface area contributed by atoms with Gasteiger partial charge in [-0.3, -0.25) is 4.79 Å². The van der Waals surface area contributed by atoms with Crippen molar-refractivity contribution in [2.45, 2.75) is 6.92 Å². The number of para-hydroxylation sites is 1. The molecular weight excluding hydrogens is 421 g/mol. The Morgan fingerprint density at radius 1 is 0.840 bits per heavy atom. The third-order valence-corrected chi connectivity index (χ3v) is 4.78. The predicted molar refractivity (Wildman–Crippen MR) is 113 cm³/mol. The minimum atomic E-state index is -0.0189. The van der Waals surface area contributed by atoms with Crippen molar-refractivity contribution in [3.63, 3.8) is 0 Å². The molecule has 0 aliphatic heterocycles. The minimum Gasteiger partial charge on any atom is -0.354 e. The summed E-state index contributed by atoms with van der Waals surface area (Å²) < 4.78 is 1.10. The predicted octanol–water partition coefficient (Wildman–Crippen LogP) is 5.94. The molecule has 0 aromatic heterocycles. The van der Waals surface area contributed by atoms with Gasteiger partial charge in [0, 0.05) is 20.9 Å². The van der Waals surface area contributed by atoms with Gasteiger partial charge in [0.05, 0.1) is 5.69 Å². The quantitative estimate of drug-likeness (QED) is 0.303. The van der Waals surface area contributed by atoms with Gasteiger partial charge >= 0.3 is 0 Å². The van der Waals surface area contributed by atoms with Crippen LogP contribution < -0.4 is 5.32 Å². The van der Waals surface area contributed by atoms with Crippen LogP contribution >= 0.6 is 22.6 Å². The SMILES string of the molecule is Cc1ccc(/C(=C\C(=O)c2ccccc2)Nc2ccccc2I)cc1. The number of ketones is 1. The molecule has 3 aromatic carbocycles. The van der Waals surface area contributed by atoms with Crippen LogP contribution in [0.25, 0.3) is 5.70 Å². The number of carbonyl (C=O) groups excluding carboxylic acids is 1. The van der Waals surface area contributed by atoms with Gasteiger partial charge < -0.3 is 5.32 Å². The van der Waals surface area contributed by atoms with E-state index in [4.69, 9.17) is 0 Å². The molecule has 0 saturated carbocycles. The van der Waals surface area contributed by atoms with Crippen molar-refractivity contribution in [1.29, 1.82) is 0 Å². The highest BCUT2D eigenvalue weighted by Gasteiger charge is 2.09. The Kier molecular flexibility index (Phi) is 5.66. The fourth-order valence-electron chi connectivity index (χ4n) is 2.45. The second-order valence-corrected chi connectivity index (χ2v) is 6.92. The highest BCUT2D eigenvalue weighted by Crippen LogP contribution is 2.24. The Labute approximate surface area is 161 Å². The van der Waals surface area contributed by atoms with Crippen molar-refractivity contribution in [2.75, 3.05) is 5.32 Å². The van der Waals surface area contributed by atoms with Gasteiger partial charge in [0.2, 0.25) is 0 Å². The number of carbonyl (C=O) groups is 1. The lowest BCUT2D eigenvalue weighted by atomic mass is 10.1. The summed E-state index contributed by atoms with van der Waals surface area (Å²) in [6.45, 7) is 2.05. The molecular formula is C22H18INO. The van der Waals surface area contributed by atoms with Gasteiger partial charge in [-0.15, -0.1) is 0 Å². The van der Waals surface area contributed by atoms with E-state index in [9.17, 15) is 4.79 Å². The van der Waals surface area contributed by atoms with Crippen molar-refractivity contribution in [2.24, 2.45) is 0 Å². The van der Waals surface area contributed by atoms with Crippen LogP contribution in [0.5, 0.6) is 0 Å². The lowest BCUT2D eigenvalue weighted by Crippen LogP contribution is -2.04. The van der Waals surface area contributed by atoms with Crippen LogP contribution in [0.3, 0.4) is 0 Å². The van der Waals surface area contributed by atoms with E-state index < -0.39 is 0 Å². The third-order valence-electron chi connectivity index (χ3n) is 3.84. The van der Waals surface area contributed by atoms with Crippen molar-refractivity contribution in [1.82, 2.24) is 0 Å². The summed E-state index contributed by atoms with van der Waals surface area (Å²) in [6.07, 6.45) is 1.67. The summed E-state index contributed by atoms with van der Waals surface area (Å²) in [5.41, 5.74) is 4.62. The first-order chi connectivity index (χ1) is 12.1. The smallest absolute Gasteiger partial charge is 0.187 e. The summed E-state index contributed by atoms with van der Waals surface area (Å²) in [7, 11) is 0. The Hall–Kier alpha value is -2.40. The number of hydrogen-bond donors (Lipinski definition) is 1. The monoisotopic (exact) mass is 439 g/mol. The second kappa shape index (κ2) is 8.12. The molecule has 1 N–H and O–H groups in total. The zero-order chi connectivity index (χ0) is 17.6. The summed E-state index contributed by atoms with van der Waals surface area (Å²) >= 11 is 2.29. The van der Waals surface area contributed by atoms with Crippen molar-refractivity contribution in [3.8, 4) is 0 Å². The molecule has 0 aliphatic rings. The molecule has 0 spiro atoms. The number of benzene rings is 3. The van der Waals surface area contributed by atoms with Gasteiger partial charge in [-0.1, -0.05) is 72.3 Å². The molecule has 0 radical (unpaired) electrons. The van der Waals surface area contributed by atoms with Gasteiger partial charge in [0.1, 0.15) is 0 Å². The number of rotatable bonds is 5. The molecule has 0 bridgehead atoms. The highest BCUT2D eigenvalue weighted by atomic mass is 127. The van der Waals surface area contributed by atoms with Crippen LogP contribution in [0.1, 0.15) is 21.5 Å². The molecule has 3 aromatic rings. The van der Waals surface area contributed by atoms with E-state index in [1.54, 1.807) is 6.08 Å². The number of aryl methyl sites for hydroxylation is 1. The molecule has 25 heavy (non-hydrogen) atoms. The normalized spacial score (nSPS) is 11.2. The molecule has 0 saturated heterocycles. The number of nitrogens with one attached hydrogen (secondary N) is 1. The number of anilines is 1. The highest BCUT2D eigenvalue weighted by molar-refractivity contribution is 14.1. The zero-order valence-corrected chi connectivity index (χ0v) is 16.0. The summed E-state index contributed by atoms with van der Waals surface area (Å²) in [5.74, 6) is -0.0189. The third kappa shape index (κ3) is 4.57. The Balaban J connectivity index is 1.99. The van der Waals surface area contributed by atoms with Crippen LogP contribution in [0.15, 0.2) is 84.9 Å². The van der Waals surface area contributed by atoms with E-state index in [2.05, 4.69) is 34.8 Å². The fourth-order valence-corrected chi connectivity index (χ4v) is 2.97. The lowest BCUT2D eigenvalue weighted by molar-refractivity contribution is 0.104. The van der Waals surface area contributed by atoms with Crippen LogP contribution in [-0.2, 0) is 0 Å². The number of allylic oxidation sites excluding steroid dienone is 1. The van der Waals surface area contributed by atoms with Crippen LogP contribution in [0.4, 0.5) is 5.69 Å². The molecule has 124 valence electrons. The fraction of sp³-hybridized carbons (Fsp3) is 0.0455. The maximum Gasteiger partial charge on any atom is 0.187 e. The van der Waals surface area contributed by atoms with Crippen LogP contribution in [0.2, 0.25) is 0 Å². The first kappa shape index (κ1) is 17.4. The molecule has 0 fully saturated rings. The molecule has 3 rings (SSSR count). The van der Waals surface area contributed by atoms with E-state index in [1.165, 1.54) is 5.56 Å². The maximum absolute atomic E-state index is 12.7. The molecule has 3 heteroatoms. The Morgan fingerprint density at radius 2 is 1.48 bits per heavy atom. The van der Waals surface area contributed by atoms with Crippen molar-refractivity contribution < 1.29 is 4.79 Å². The Morgan fingerprint density at radius 3 is 2.16 bits per heavy atom. The molecule has 0 atom stereocenters. The van der Waals surface area contributed by atoms with E-state index in [0.29, 0.717) is 5.56 Å². The van der Waals surface area contributed by atoms with Gasteiger partial charge in [-0.2, -0.15) is 0 Å². The van der Waals surface area contributed by atoms with E-state index >= 15 is 0 Å². The van der Waals surface area contributed by atoms with Gasteiger partial charge in [0.25, 0.3) is 0 Å².